The largest absolute Gasteiger partial charge is 0.462 e. The molecule has 0 bridgehead atoms. The SMILES string of the molecule is CC(C)OC(=O)C1(C)CN(C(=O)Nc2ccc(Cl)cc2)N=C1c1ccc(Cl)cc1. The van der Waals surface area contributed by atoms with E-state index in [1.165, 1.54) is 5.01 Å². The summed E-state index contributed by atoms with van der Waals surface area (Å²) in [4.78, 5) is 25.7. The van der Waals surface area contributed by atoms with Crippen LogP contribution in [0.1, 0.15) is 26.3 Å². The van der Waals surface area contributed by atoms with Gasteiger partial charge in [-0.1, -0.05) is 35.3 Å². The highest BCUT2D eigenvalue weighted by Crippen LogP contribution is 2.34. The number of nitrogens with zero attached hydrogens (tertiary/aromatic N) is 2. The standard InChI is InChI=1S/C21H21Cl2N3O3/c1-13(2)29-19(27)21(3)12-26(20(28)24-17-10-8-16(23)9-11-17)25-18(21)14-4-6-15(22)7-5-14/h4-11,13H,12H2,1-3H3,(H,24,28). The first-order valence-corrected chi connectivity index (χ1v) is 9.85. The van der Waals surface area contributed by atoms with E-state index >= 15 is 0 Å². The number of carbonyl (C=O) groups excluding carboxylic acids is 2. The van der Waals surface area contributed by atoms with Crippen LogP contribution >= 0.6 is 23.2 Å². The van der Waals surface area contributed by atoms with Crippen LogP contribution in [-0.2, 0) is 9.53 Å². The van der Waals surface area contributed by atoms with E-state index in [1.54, 1.807) is 69.3 Å². The maximum atomic E-state index is 12.9. The van der Waals surface area contributed by atoms with Crippen molar-refractivity contribution in [3.63, 3.8) is 0 Å². The molecule has 1 heterocycles. The first-order valence-electron chi connectivity index (χ1n) is 9.09. The highest BCUT2D eigenvalue weighted by Gasteiger charge is 2.48. The number of carbonyl (C=O) groups is 2. The van der Waals surface area contributed by atoms with Crippen molar-refractivity contribution in [3.05, 3.63) is 64.1 Å². The summed E-state index contributed by atoms with van der Waals surface area (Å²) < 4.78 is 5.45. The van der Waals surface area contributed by atoms with Crippen molar-refractivity contribution in [2.45, 2.75) is 26.9 Å². The van der Waals surface area contributed by atoms with Crippen molar-refractivity contribution < 1.29 is 14.3 Å². The van der Waals surface area contributed by atoms with E-state index < -0.39 is 17.4 Å². The maximum absolute atomic E-state index is 12.9. The Morgan fingerprint density at radius 2 is 1.62 bits per heavy atom. The summed E-state index contributed by atoms with van der Waals surface area (Å²) in [7, 11) is 0. The lowest BCUT2D eigenvalue weighted by atomic mass is 9.82. The number of rotatable bonds is 4. The van der Waals surface area contributed by atoms with Crippen molar-refractivity contribution in [1.29, 1.82) is 0 Å². The molecule has 29 heavy (non-hydrogen) atoms. The van der Waals surface area contributed by atoms with E-state index in [1.807, 2.05) is 0 Å². The van der Waals surface area contributed by atoms with E-state index in [2.05, 4.69) is 10.4 Å². The predicted octanol–water partition coefficient (Wildman–Crippen LogP) is 5.20. The van der Waals surface area contributed by atoms with E-state index in [0.717, 1.165) is 0 Å². The zero-order chi connectivity index (χ0) is 21.2. The van der Waals surface area contributed by atoms with Crippen LogP contribution in [-0.4, -0.2) is 35.4 Å². The van der Waals surface area contributed by atoms with Gasteiger partial charge in [-0.25, -0.2) is 9.80 Å². The third kappa shape index (κ3) is 4.71. The van der Waals surface area contributed by atoms with Crippen molar-refractivity contribution >= 4 is 46.6 Å². The van der Waals surface area contributed by atoms with Crippen LogP contribution in [0.4, 0.5) is 10.5 Å². The average Bonchev–Trinajstić information content (AvgIpc) is 3.03. The topological polar surface area (TPSA) is 71.0 Å². The monoisotopic (exact) mass is 433 g/mol. The molecule has 0 spiro atoms. The van der Waals surface area contributed by atoms with Gasteiger partial charge < -0.3 is 10.1 Å². The normalized spacial score (nSPS) is 18.6. The smallest absolute Gasteiger partial charge is 0.342 e. The molecule has 1 unspecified atom stereocenters. The molecule has 8 heteroatoms. The fraction of sp³-hybridized carbons (Fsp3) is 0.286. The molecule has 0 aliphatic carbocycles. The molecule has 0 saturated heterocycles. The number of halogens is 2. The minimum Gasteiger partial charge on any atom is -0.462 e. The van der Waals surface area contributed by atoms with Gasteiger partial charge >= 0.3 is 12.0 Å². The minimum atomic E-state index is -1.12. The number of esters is 1. The third-order valence-electron chi connectivity index (χ3n) is 4.45. The predicted molar refractivity (Wildman–Crippen MR) is 115 cm³/mol. The number of benzene rings is 2. The van der Waals surface area contributed by atoms with Crippen LogP contribution in [0.2, 0.25) is 10.0 Å². The lowest BCUT2D eigenvalue weighted by Crippen LogP contribution is -2.43. The quantitative estimate of drug-likeness (QED) is 0.673. The third-order valence-corrected chi connectivity index (χ3v) is 4.95. The molecule has 152 valence electrons. The van der Waals surface area contributed by atoms with Gasteiger partial charge in [-0.05, 0) is 62.7 Å². The van der Waals surface area contributed by atoms with Gasteiger partial charge in [0.15, 0.2) is 0 Å². The van der Waals surface area contributed by atoms with Crippen molar-refractivity contribution in [2.24, 2.45) is 10.5 Å². The highest BCUT2D eigenvalue weighted by molar-refractivity contribution is 6.31. The average molecular weight is 434 g/mol. The second-order valence-electron chi connectivity index (χ2n) is 7.24. The van der Waals surface area contributed by atoms with Gasteiger partial charge in [0.25, 0.3) is 0 Å². The van der Waals surface area contributed by atoms with Crippen molar-refractivity contribution in [3.8, 4) is 0 Å². The van der Waals surface area contributed by atoms with Crippen molar-refractivity contribution in [1.82, 2.24) is 5.01 Å². The molecule has 6 nitrogen and oxygen atoms in total. The van der Waals surface area contributed by atoms with Crippen LogP contribution in [0, 0.1) is 5.41 Å². The molecule has 2 aromatic rings. The van der Waals surface area contributed by atoms with Crippen molar-refractivity contribution in [2.75, 3.05) is 11.9 Å². The Labute approximate surface area is 179 Å². The molecule has 2 aromatic carbocycles. The van der Waals surface area contributed by atoms with Gasteiger partial charge in [0, 0.05) is 15.7 Å². The second-order valence-corrected chi connectivity index (χ2v) is 8.11. The first kappa shape index (κ1) is 21.1. The summed E-state index contributed by atoms with van der Waals surface area (Å²) in [5, 5.41) is 9.58. The van der Waals surface area contributed by atoms with Gasteiger partial charge in [-0.2, -0.15) is 5.10 Å². The molecule has 2 amide bonds. The Bertz CT molecular complexity index is 943. The number of amides is 2. The van der Waals surface area contributed by atoms with Crippen LogP contribution in [0.15, 0.2) is 53.6 Å². The zero-order valence-electron chi connectivity index (χ0n) is 16.3. The van der Waals surface area contributed by atoms with E-state index in [0.29, 0.717) is 27.0 Å². The molecule has 1 N–H and O–H groups in total. The number of nitrogens with one attached hydrogen (secondary N) is 1. The van der Waals surface area contributed by atoms with Crippen LogP contribution in [0.3, 0.4) is 0 Å². The van der Waals surface area contributed by atoms with E-state index in [9.17, 15) is 9.59 Å². The molecule has 1 atom stereocenters. The molecule has 3 rings (SSSR count). The van der Waals surface area contributed by atoms with Crippen LogP contribution < -0.4 is 5.32 Å². The molecular formula is C21H21Cl2N3O3. The molecule has 1 aliphatic rings. The van der Waals surface area contributed by atoms with Gasteiger partial charge in [-0.15, -0.1) is 0 Å². The van der Waals surface area contributed by atoms with E-state index in [-0.39, 0.29) is 12.6 Å². The fourth-order valence-corrected chi connectivity index (χ4v) is 3.22. The summed E-state index contributed by atoms with van der Waals surface area (Å²) in [6, 6.07) is 13.2. The number of anilines is 1. The zero-order valence-corrected chi connectivity index (χ0v) is 17.8. The van der Waals surface area contributed by atoms with Gasteiger partial charge in [0.05, 0.1) is 18.4 Å². The summed E-state index contributed by atoms with van der Waals surface area (Å²) in [6.45, 7) is 5.33. The van der Waals surface area contributed by atoms with Gasteiger partial charge in [-0.3, -0.25) is 4.79 Å². The summed E-state index contributed by atoms with van der Waals surface area (Å²) in [6.07, 6.45) is -0.289. The Hall–Kier alpha value is -2.57. The number of ether oxygens (including phenoxy) is 1. The Kier molecular flexibility index (Phi) is 6.15. The molecule has 0 fully saturated rings. The second kappa shape index (κ2) is 8.43. The van der Waals surface area contributed by atoms with Gasteiger partial charge in [0.1, 0.15) is 5.41 Å². The molecule has 0 aromatic heterocycles. The summed E-state index contributed by atoms with van der Waals surface area (Å²) in [5.41, 5.74) is 0.599. The highest BCUT2D eigenvalue weighted by atomic mass is 35.5. The Morgan fingerprint density at radius 1 is 1.07 bits per heavy atom. The molecule has 1 aliphatic heterocycles. The van der Waals surface area contributed by atoms with Gasteiger partial charge in [0.2, 0.25) is 0 Å². The Morgan fingerprint density at radius 3 is 2.17 bits per heavy atom. The summed E-state index contributed by atoms with van der Waals surface area (Å²) >= 11 is 11.9. The maximum Gasteiger partial charge on any atom is 0.342 e. The lowest BCUT2D eigenvalue weighted by molar-refractivity contribution is -0.154. The molecule has 0 saturated carbocycles. The molecule has 0 radical (unpaired) electrons. The van der Waals surface area contributed by atoms with Crippen LogP contribution in [0.5, 0.6) is 0 Å². The number of hydrogen-bond donors (Lipinski definition) is 1. The minimum absolute atomic E-state index is 0.0515. The van der Waals surface area contributed by atoms with E-state index in [4.69, 9.17) is 27.9 Å². The Balaban J connectivity index is 1.91. The molecular weight excluding hydrogens is 413 g/mol. The van der Waals surface area contributed by atoms with Crippen LogP contribution in [0.25, 0.3) is 0 Å². The number of hydrogen-bond acceptors (Lipinski definition) is 4. The first-order chi connectivity index (χ1) is 13.7. The fourth-order valence-electron chi connectivity index (χ4n) is 2.97. The lowest BCUT2D eigenvalue weighted by Gasteiger charge is -2.25. The number of urea groups is 1. The summed E-state index contributed by atoms with van der Waals surface area (Å²) in [5.74, 6) is -0.442. The number of hydrazone groups is 1.